The van der Waals surface area contributed by atoms with Crippen LogP contribution in [0.2, 0.25) is 0 Å². The van der Waals surface area contributed by atoms with E-state index < -0.39 is 15.8 Å². The number of hydrogen-bond donors (Lipinski definition) is 1. The first-order valence-corrected chi connectivity index (χ1v) is 12.1. The molecule has 33 heavy (non-hydrogen) atoms. The number of nitrogens with one attached hydrogen (secondary N) is 1. The molecule has 0 radical (unpaired) electrons. The summed E-state index contributed by atoms with van der Waals surface area (Å²) < 4.78 is 41.2. The fourth-order valence-corrected chi connectivity index (χ4v) is 5.98. The molecule has 2 heterocycles. The van der Waals surface area contributed by atoms with Gasteiger partial charge in [0.2, 0.25) is 10.0 Å². The van der Waals surface area contributed by atoms with E-state index in [9.17, 15) is 22.4 Å². The molecule has 0 saturated carbocycles. The zero-order chi connectivity index (χ0) is 23.2. The molecule has 168 valence electrons. The molecule has 4 aromatic rings. The summed E-state index contributed by atoms with van der Waals surface area (Å²) in [5.74, 6) is -0.791. The van der Waals surface area contributed by atoms with E-state index in [0.717, 1.165) is 0 Å². The zero-order valence-electron chi connectivity index (χ0n) is 17.6. The van der Waals surface area contributed by atoms with E-state index in [1.807, 2.05) is 6.07 Å². The van der Waals surface area contributed by atoms with Gasteiger partial charge in [-0.2, -0.15) is 4.31 Å². The van der Waals surface area contributed by atoms with Gasteiger partial charge in [0.05, 0.1) is 4.90 Å². The van der Waals surface area contributed by atoms with Gasteiger partial charge in [-0.25, -0.2) is 12.8 Å². The van der Waals surface area contributed by atoms with Gasteiger partial charge in [-0.15, -0.1) is 0 Å². The highest BCUT2D eigenvalue weighted by atomic mass is 32.2. The Bertz CT molecular complexity index is 1540. The maximum absolute atomic E-state index is 13.3. The lowest BCUT2D eigenvalue weighted by Gasteiger charge is -2.30. The van der Waals surface area contributed by atoms with Crippen LogP contribution in [0.1, 0.15) is 23.2 Å². The molecule has 1 N–H and O–H groups in total. The van der Waals surface area contributed by atoms with E-state index in [1.54, 1.807) is 30.3 Å². The lowest BCUT2D eigenvalue weighted by molar-refractivity contribution is 0.0875. The molecule has 0 spiro atoms. The molecule has 6 nitrogen and oxygen atoms in total. The Morgan fingerprint density at radius 1 is 0.909 bits per heavy atom. The van der Waals surface area contributed by atoms with Gasteiger partial charge in [-0.3, -0.25) is 9.59 Å². The van der Waals surface area contributed by atoms with Gasteiger partial charge in [0, 0.05) is 40.9 Å². The second kappa shape index (κ2) is 8.20. The number of piperidine rings is 1. The quantitative estimate of drug-likeness (QED) is 0.364. The molecule has 0 bridgehead atoms. The summed E-state index contributed by atoms with van der Waals surface area (Å²) in [6.07, 6.45) is 0.804. The predicted octanol–water partition coefficient (Wildman–Crippen LogP) is 4.10. The first-order chi connectivity index (χ1) is 15.8. The van der Waals surface area contributed by atoms with E-state index in [0.29, 0.717) is 40.1 Å². The van der Waals surface area contributed by atoms with Crippen molar-refractivity contribution < 1.29 is 17.6 Å². The van der Waals surface area contributed by atoms with Crippen LogP contribution >= 0.6 is 0 Å². The van der Waals surface area contributed by atoms with Gasteiger partial charge in [0.1, 0.15) is 5.82 Å². The summed E-state index contributed by atoms with van der Waals surface area (Å²) in [6, 6.07) is 17.2. The first-order valence-electron chi connectivity index (χ1n) is 10.7. The van der Waals surface area contributed by atoms with E-state index >= 15 is 0 Å². The van der Waals surface area contributed by atoms with E-state index in [1.165, 1.54) is 34.6 Å². The summed E-state index contributed by atoms with van der Waals surface area (Å²) >= 11 is 0. The molecule has 1 aromatic heterocycles. The monoisotopic (exact) mass is 464 g/mol. The summed E-state index contributed by atoms with van der Waals surface area (Å²) in [7, 11) is -3.77. The Balaban J connectivity index is 1.41. The molecular formula is C25H21FN2O4S. The number of halogens is 1. The highest BCUT2D eigenvalue weighted by molar-refractivity contribution is 7.89. The molecule has 5 rings (SSSR count). The summed E-state index contributed by atoms with van der Waals surface area (Å²) in [5, 5.41) is 1.85. The first kappa shape index (κ1) is 21.5. The average Bonchev–Trinajstić information content (AvgIpc) is 2.84. The van der Waals surface area contributed by atoms with Crippen molar-refractivity contribution in [2.45, 2.75) is 17.7 Å². The zero-order valence-corrected chi connectivity index (χ0v) is 18.4. The molecule has 1 aliphatic rings. The topological polar surface area (TPSA) is 87.3 Å². The van der Waals surface area contributed by atoms with Crippen LogP contribution in [0.15, 0.2) is 76.4 Å². The van der Waals surface area contributed by atoms with Gasteiger partial charge in [0.25, 0.3) is 5.56 Å². The predicted molar refractivity (Wildman–Crippen MR) is 124 cm³/mol. The van der Waals surface area contributed by atoms with Crippen molar-refractivity contribution in [1.29, 1.82) is 0 Å². The number of carbonyl (C=O) groups excluding carboxylic acids is 1. The van der Waals surface area contributed by atoms with Crippen molar-refractivity contribution in [1.82, 2.24) is 9.29 Å². The van der Waals surface area contributed by atoms with Gasteiger partial charge in [-0.1, -0.05) is 18.2 Å². The van der Waals surface area contributed by atoms with Crippen molar-refractivity contribution in [2.75, 3.05) is 13.1 Å². The minimum Gasteiger partial charge on any atom is -0.321 e. The second-order valence-electron chi connectivity index (χ2n) is 8.26. The van der Waals surface area contributed by atoms with Crippen LogP contribution < -0.4 is 5.56 Å². The fourth-order valence-electron chi connectivity index (χ4n) is 4.48. The van der Waals surface area contributed by atoms with Crippen molar-refractivity contribution in [2.24, 2.45) is 5.92 Å². The van der Waals surface area contributed by atoms with Crippen molar-refractivity contribution in [3.8, 4) is 0 Å². The Kier molecular flexibility index (Phi) is 5.34. The lowest BCUT2D eigenvalue weighted by Crippen LogP contribution is -2.40. The van der Waals surface area contributed by atoms with Crippen LogP contribution in [0.4, 0.5) is 4.39 Å². The van der Waals surface area contributed by atoms with Gasteiger partial charge in [0.15, 0.2) is 5.78 Å². The third-order valence-corrected chi connectivity index (χ3v) is 8.19. The highest BCUT2D eigenvalue weighted by Crippen LogP contribution is 2.29. The number of aromatic amines is 1. The number of rotatable bonds is 4. The van der Waals surface area contributed by atoms with Crippen molar-refractivity contribution >= 4 is 37.5 Å². The minimum absolute atomic E-state index is 0.0897. The number of pyridine rings is 1. The lowest BCUT2D eigenvalue weighted by atomic mass is 9.90. The maximum atomic E-state index is 13.3. The van der Waals surface area contributed by atoms with Crippen LogP contribution in [0.3, 0.4) is 0 Å². The van der Waals surface area contributed by atoms with Gasteiger partial charge >= 0.3 is 0 Å². The number of benzene rings is 3. The largest absolute Gasteiger partial charge is 0.321 e. The number of carbonyl (C=O) groups is 1. The van der Waals surface area contributed by atoms with Crippen LogP contribution in [-0.4, -0.2) is 36.6 Å². The molecule has 1 aliphatic heterocycles. The summed E-state index contributed by atoms with van der Waals surface area (Å²) in [4.78, 5) is 28.0. The third-order valence-electron chi connectivity index (χ3n) is 6.29. The molecule has 1 saturated heterocycles. The van der Waals surface area contributed by atoms with E-state index in [2.05, 4.69) is 4.98 Å². The molecule has 0 aliphatic carbocycles. The van der Waals surface area contributed by atoms with Gasteiger partial charge < -0.3 is 4.98 Å². The molecule has 8 heteroatoms. The van der Waals surface area contributed by atoms with Crippen LogP contribution in [-0.2, 0) is 10.0 Å². The number of hydrogen-bond acceptors (Lipinski definition) is 4. The minimum atomic E-state index is -3.77. The van der Waals surface area contributed by atoms with Crippen LogP contribution in [0, 0.1) is 11.7 Å². The van der Waals surface area contributed by atoms with Crippen LogP contribution in [0.25, 0.3) is 21.7 Å². The number of nitrogens with zero attached hydrogens (tertiary/aromatic N) is 1. The average molecular weight is 465 g/mol. The van der Waals surface area contributed by atoms with Crippen LogP contribution in [0.5, 0.6) is 0 Å². The number of fused-ring (bicyclic) bond motifs is 3. The molecular weight excluding hydrogens is 443 g/mol. The SMILES string of the molecule is O=C(c1ccc(F)cc1)C1CCN(S(=O)(=O)c2ccc3[nH]c(=O)c4ccccc4c3c2)CC1. The number of sulfonamides is 1. The Hall–Kier alpha value is -3.36. The third kappa shape index (κ3) is 3.85. The summed E-state index contributed by atoms with van der Waals surface area (Å²) in [5.41, 5.74) is 0.788. The van der Waals surface area contributed by atoms with Crippen molar-refractivity contribution in [3.05, 3.63) is 88.5 Å². The standard InChI is InChI=1S/C25H21FN2O4S/c26-18-7-5-16(6-8-18)24(29)17-11-13-28(14-12-17)33(31,32)19-9-10-23-22(15-19)20-3-1-2-4-21(20)25(30)27-23/h1-10,15,17H,11-14H2,(H,27,30). The molecule has 0 unspecified atom stereocenters. The molecule has 1 fully saturated rings. The smallest absolute Gasteiger partial charge is 0.256 e. The number of Topliss-reactive ketones (excluding diaryl/α,β-unsaturated/α-hetero) is 1. The summed E-state index contributed by atoms with van der Waals surface area (Å²) in [6.45, 7) is 0.453. The highest BCUT2D eigenvalue weighted by Gasteiger charge is 2.32. The van der Waals surface area contributed by atoms with E-state index in [-0.39, 0.29) is 35.2 Å². The maximum Gasteiger partial charge on any atom is 0.256 e. The number of H-pyrrole nitrogens is 1. The Labute approximate surface area is 189 Å². The second-order valence-corrected chi connectivity index (χ2v) is 10.2. The molecule has 0 amide bonds. The number of aromatic nitrogens is 1. The molecule has 0 atom stereocenters. The Morgan fingerprint density at radius 3 is 2.27 bits per heavy atom. The van der Waals surface area contributed by atoms with Crippen molar-refractivity contribution in [3.63, 3.8) is 0 Å². The van der Waals surface area contributed by atoms with Gasteiger partial charge in [-0.05, 0) is 66.8 Å². The fraction of sp³-hybridized carbons (Fsp3) is 0.200. The number of ketones is 1. The molecule has 3 aromatic carbocycles. The van der Waals surface area contributed by atoms with E-state index in [4.69, 9.17) is 0 Å². The normalized spacial score (nSPS) is 15.8. The Morgan fingerprint density at radius 2 is 1.58 bits per heavy atom.